The first-order valence-corrected chi connectivity index (χ1v) is 8.08. The Morgan fingerprint density at radius 2 is 1.84 bits per heavy atom. The van der Waals surface area contributed by atoms with Crippen molar-refractivity contribution in [3.05, 3.63) is 60.0 Å². The van der Waals surface area contributed by atoms with Crippen LogP contribution in [0.2, 0.25) is 0 Å². The zero-order chi connectivity index (χ0) is 17.4. The molecule has 1 aliphatic heterocycles. The van der Waals surface area contributed by atoms with Crippen LogP contribution in [0, 0.1) is 6.92 Å². The number of imidazole rings is 1. The Labute approximate surface area is 145 Å². The summed E-state index contributed by atoms with van der Waals surface area (Å²) in [6, 6.07) is 11.6. The SMILES string of the molecule is COc1ccc(CN2C(=O)Cn3c2nc(-c2ccncc2)c3C)cc1. The number of anilines is 1. The number of hydrogen-bond acceptors (Lipinski definition) is 4. The molecule has 0 N–H and O–H groups in total. The Bertz CT molecular complexity index is 917. The third-order valence-electron chi connectivity index (χ3n) is 4.49. The van der Waals surface area contributed by atoms with Crippen molar-refractivity contribution in [3.8, 4) is 17.0 Å². The van der Waals surface area contributed by atoms with Gasteiger partial charge in [0.25, 0.3) is 0 Å². The predicted molar refractivity (Wildman–Crippen MR) is 94.4 cm³/mol. The molecular formula is C19H18N4O2. The van der Waals surface area contributed by atoms with Gasteiger partial charge in [-0.05, 0) is 36.8 Å². The van der Waals surface area contributed by atoms with Crippen LogP contribution in [0.25, 0.3) is 11.3 Å². The molecule has 3 heterocycles. The molecule has 0 saturated carbocycles. The minimum absolute atomic E-state index is 0.0581. The Morgan fingerprint density at radius 1 is 1.12 bits per heavy atom. The number of pyridine rings is 1. The van der Waals surface area contributed by atoms with Gasteiger partial charge in [-0.25, -0.2) is 4.98 Å². The van der Waals surface area contributed by atoms with E-state index in [0.29, 0.717) is 19.0 Å². The van der Waals surface area contributed by atoms with E-state index in [4.69, 9.17) is 9.72 Å². The van der Waals surface area contributed by atoms with Gasteiger partial charge in [0.15, 0.2) is 0 Å². The van der Waals surface area contributed by atoms with Crippen LogP contribution in [0.1, 0.15) is 11.3 Å². The van der Waals surface area contributed by atoms with Crippen LogP contribution < -0.4 is 9.64 Å². The van der Waals surface area contributed by atoms with E-state index in [1.54, 1.807) is 24.4 Å². The molecule has 1 aliphatic rings. The molecule has 6 heteroatoms. The molecule has 0 saturated heterocycles. The number of methoxy groups -OCH3 is 1. The van der Waals surface area contributed by atoms with E-state index >= 15 is 0 Å². The maximum atomic E-state index is 12.5. The minimum Gasteiger partial charge on any atom is -0.497 e. The van der Waals surface area contributed by atoms with Crippen molar-refractivity contribution in [1.29, 1.82) is 0 Å². The average Bonchev–Trinajstić information content (AvgIpc) is 3.13. The Morgan fingerprint density at radius 3 is 2.52 bits per heavy atom. The van der Waals surface area contributed by atoms with E-state index in [2.05, 4.69) is 4.98 Å². The third kappa shape index (κ3) is 2.65. The maximum Gasteiger partial charge on any atom is 0.249 e. The number of carbonyl (C=O) groups excluding carboxylic acids is 1. The molecule has 0 spiro atoms. The highest BCUT2D eigenvalue weighted by Gasteiger charge is 2.32. The molecule has 3 aromatic rings. The first-order chi connectivity index (χ1) is 12.2. The van der Waals surface area contributed by atoms with Gasteiger partial charge >= 0.3 is 0 Å². The zero-order valence-electron chi connectivity index (χ0n) is 14.1. The molecular weight excluding hydrogens is 316 g/mol. The first-order valence-electron chi connectivity index (χ1n) is 8.08. The van der Waals surface area contributed by atoms with E-state index < -0.39 is 0 Å². The summed E-state index contributed by atoms with van der Waals surface area (Å²) in [6.07, 6.45) is 3.50. The van der Waals surface area contributed by atoms with Crippen LogP contribution in [0.15, 0.2) is 48.8 Å². The fourth-order valence-electron chi connectivity index (χ4n) is 3.10. The lowest BCUT2D eigenvalue weighted by Gasteiger charge is -2.14. The van der Waals surface area contributed by atoms with E-state index in [0.717, 1.165) is 28.3 Å². The van der Waals surface area contributed by atoms with Crippen molar-refractivity contribution in [2.75, 3.05) is 12.0 Å². The lowest BCUT2D eigenvalue weighted by molar-refractivity contribution is -0.118. The number of nitrogens with zero attached hydrogens (tertiary/aromatic N) is 4. The molecule has 1 amide bonds. The molecule has 6 nitrogen and oxygen atoms in total. The van der Waals surface area contributed by atoms with Crippen LogP contribution in [-0.4, -0.2) is 27.6 Å². The number of carbonyl (C=O) groups is 1. The van der Waals surface area contributed by atoms with Crippen LogP contribution in [0.4, 0.5) is 5.95 Å². The van der Waals surface area contributed by atoms with E-state index in [1.807, 2.05) is 47.9 Å². The topological polar surface area (TPSA) is 60.2 Å². The monoisotopic (exact) mass is 334 g/mol. The highest BCUT2D eigenvalue weighted by atomic mass is 16.5. The fourth-order valence-corrected chi connectivity index (χ4v) is 3.10. The second kappa shape index (κ2) is 6.05. The summed E-state index contributed by atoms with van der Waals surface area (Å²) in [5.74, 6) is 1.56. The zero-order valence-corrected chi connectivity index (χ0v) is 14.1. The normalized spacial score (nSPS) is 13.2. The smallest absolute Gasteiger partial charge is 0.249 e. The standard InChI is InChI=1S/C19H18N4O2/c1-13-18(15-7-9-20-10-8-15)21-19-22(13)12-17(24)23(19)11-14-3-5-16(25-2)6-4-14/h3-10H,11-12H2,1-2H3. The molecule has 0 unspecified atom stereocenters. The molecule has 25 heavy (non-hydrogen) atoms. The van der Waals surface area contributed by atoms with Gasteiger partial charge in [0.2, 0.25) is 11.9 Å². The van der Waals surface area contributed by atoms with Crippen molar-refractivity contribution in [2.45, 2.75) is 20.0 Å². The Hall–Kier alpha value is -3.15. The molecule has 0 bridgehead atoms. The highest BCUT2D eigenvalue weighted by Crippen LogP contribution is 2.32. The second-order valence-electron chi connectivity index (χ2n) is 6.00. The van der Waals surface area contributed by atoms with Crippen LogP contribution >= 0.6 is 0 Å². The average molecular weight is 334 g/mol. The van der Waals surface area contributed by atoms with E-state index in [1.165, 1.54) is 0 Å². The van der Waals surface area contributed by atoms with Crippen molar-refractivity contribution >= 4 is 11.9 Å². The maximum absolute atomic E-state index is 12.5. The lowest BCUT2D eigenvalue weighted by atomic mass is 10.1. The molecule has 4 rings (SSSR count). The number of hydrogen-bond donors (Lipinski definition) is 0. The van der Waals surface area contributed by atoms with Crippen molar-refractivity contribution in [3.63, 3.8) is 0 Å². The van der Waals surface area contributed by atoms with Gasteiger partial charge in [-0.1, -0.05) is 12.1 Å². The van der Waals surface area contributed by atoms with E-state index in [9.17, 15) is 4.79 Å². The van der Waals surface area contributed by atoms with Gasteiger partial charge in [0, 0.05) is 23.7 Å². The van der Waals surface area contributed by atoms with Gasteiger partial charge in [0.05, 0.1) is 19.3 Å². The van der Waals surface area contributed by atoms with Crippen LogP contribution in [0.5, 0.6) is 5.75 Å². The molecule has 0 radical (unpaired) electrons. The molecule has 0 fully saturated rings. The summed E-state index contributed by atoms with van der Waals surface area (Å²) in [6.45, 7) is 2.82. The van der Waals surface area contributed by atoms with Gasteiger partial charge in [0.1, 0.15) is 12.3 Å². The quantitative estimate of drug-likeness (QED) is 0.736. The van der Waals surface area contributed by atoms with Crippen LogP contribution in [0.3, 0.4) is 0 Å². The minimum atomic E-state index is 0.0581. The molecule has 1 aromatic carbocycles. The molecule has 2 aromatic heterocycles. The van der Waals surface area contributed by atoms with Gasteiger partial charge < -0.3 is 9.30 Å². The summed E-state index contributed by atoms with van der Waals surface area (Å²) in [4.78, 5) is 23.0. The molecule has 0 atom stereocenters. The molecule has 126 valence electrons. The number of amides is 1. The summed E-state index contributed by atoms with van der Waals surface area (Å²) >= 11 is 0. The predicted octanol–water partition coefficient (Wildman–Crippen LogP) is 2.81. The first kappa shape index (κ1) is 15.4. The number of fused-ring (bicyclic) bond motifs is 1. The van der Waals surface area contributed by atoms with Crippen molar-refractivity contribution in [2.24, 2.45) is 0 Å². The summed E-state index contributed by atoms with van der Waals surface area (Å²) < 4.78 is 7.16. The second-order valence-corrected chi connectivity index (χ2v) is 6.00. The number of benzene rings is 1. The van der Waals surface area contributed by atoms with Crippen molar-refractivity contribution < 1.29 is 9.53 Å². The fraction of sp³-hybridized carbons (Fsp3) is 0.211. The van der Waals surface area contributed by atoms with Crippen LogP contribution in [-0.2, 0) is 17.9 Å². The number of ether oxygens (including phenoxy) is 1. The number of aromatic nitrogens is 3. The van der Waals surface area contributed by atoms with E-state index in [-0.39, 0.29) is 5.91 Å². The summed E-state index contributed by atoms with van der Waals surface area (Å²) in [5, 5.41) is 0. The third-order valence-corrected chi connectivity index (χ3v) is 4.49. The summed E-state index contributed by atoms with van der Waals surface area (Å²) in [7, 11) is 1.64. The molecule has 0 aliphatic carbocycles. The Kier molecular flexibility index (Phi) is 3.72. The largest absolute Gasteiger partial charge is 0.497 e. The van der Waals surface area contributed by atoms with Crippen molar-refractivity contribution in [1.82, 2.24) is 14.5 Å². The lowest BCUT2D eigenvalue weighted by Crippen LogP contribution is -2.26. The van der Waals surface area contributed by atoms with Gasteiger partial charge in [-0.3, -0.25) is 14.7 Å². The summed E-state index contributed by atoms with van der Waals surface area (Å²) in [5.41, 5.74) is 3.93. The van der Waals surface area contributed by atoms with Gasteiger partial charge in [-0.15, -0.1) is 0 Å². The number of rotatable bonds is 4. The highest BCUT2D eigenvalue weighted by molar-refractivity contribution is 5.96. The Balaban J connectivity index is 1.67. The van der Waals surface area contributed by atoms with Gasteiger partial charge in [-0.2, -0.15) is 0 Å².